The smallest absolute Gasteiger partial charge is 0.274 e. The van der Waals surface area contributed by atoms with Crippen molar-refractivity contribution in [3.05, 3.63) is 69.9 Å². The van der Waals surface area contributed by atoms with E-state index in [0.717, 1.165) is 18.9 Å². The van der Waals surface area contributed by atoms with Crippen LogP contribution >= 0.6 is 11.3 Å². The van der Waals surface area contributed by atoms with Gasteiger partial charge in [-0.3, -0.25) is 9.59 Å². The molecule has 7 nitrogen and oxygen atoms in total. The number of aromatic nitrogens is 1. The zero-order valence-corrected chi connectivity index (χ0v) is 20.2. The summed E-state index contributed by atoms with van der Waals surface area (Å²) in [4.78, 5) is 33.7. The number of likely N-dealkylation sites (tertiary alicyclic amines) is 1. The Morgan fingerprint density at radius 3 is 2.89 bits per heavy atom. The number of thiazole rings is 1. The molecule has 0 unspecified atom stereocenters. The molecule has 2 fully saturated rings. The van der Waals surface area contributed by atoms with Crippen LogP contribution in [0.3, 0.4) is 0 Å². The van der Waals surface area contributed by atoms with Crippen molar-refractivity contribution in [2.24, 2.45) is 5.92 Å². The number of hydrogen-bond donors (Lipinski definition) is 1. The molecule has 2 aliphatic heterocycles. The molecule has 1 N–H and O–H groups in total. The van der Waals surface area contributed by atoms with Gasteiger partial charge in [0.1, 0.15) is 23.1 Å². The van der Waals surface area contributed by atoms with Crippen LogP contribution < -0.4 is 10.1 Å². The number of fused-ring (bicyclic) bond motifs is 2. The van der Waals surface area contributed by atoms with Crippen molar-refractivity contribution < 1.29 is 27.8 Å². The molecule has 2 amide bonds. The van der Waals surface area contributed by atoms with Crippen molar-refractivity contribution in [2.75, 3.05) is 13.3 Å². The zero-order chi connectivity index (χ0) is 25.0. The molecule has 3 atom stereocenters. The van der Waals surface area contributed by atoms with E-state index in [9.17, 15) is 18.4 Å². The Kier molecular flexibility index (Phi) is 5.72. The average Bonchev–Trinajstić information content (AvgIpc) is 3.35. The lowest BCUT2D eigenvalue weighted by Crippen LogP contribution is -2.45. The topological polar surface area (TPSA) is 80.8 Å². The van der Waals surface area contributed by atoms with Gasteiger partial charge in [-0.15, -0.1) is 11.3 Å². The van der Waals surface area contributed by atoms with Gasteiger partial charge in [-0.2, -0.15) is 0 Å². The van der Waals surface area contributed by atoms with Gasteiger partial charge in [-0.25, -0.2) is 13.8 Å². The van der Waals surface area contributed by atoms with Crippen molar-refractivity contribution in [1.29, 1.82) is 0 Å². The van der Waals surface area contributed by atoms with E-state index < -0.39 is 11.7 Å². The summed E-state index contributed by atoms with van der Waals surface area (Å²) in [5, 5.41) is 3.58. The number of rotatable bonds is 5. The maximum absolute atomic E-state index is 14.1. The van der Waals surface area contributed by atoms with Crippen molar-refractivity contribution in [3.63, 3.8) is 0 Å². The Labute approximate surface area is 210 Å². The van der Waals surface area contributed by atoms with E-state index in [2.05, 4.69) is 10.3 Å². The van der Waals surface area contributed by atoms with Gasteiger partial charge in [-0.05, 0) is 55.5 Å². The van der Waals surface area contributed by atoms with Crippen LogP contribution in [-0.2, 0) is 11.3 Å². The first-order valence-corrected chi connectivity index (χ1v) is 12.6. The van der Waals surface area contributed by atoms with Crippen molar-refractivity contribution >= 4 is 23.2 Å². The highest BCUT2D eigenvalue weighted by Gasteiger charge is 2.54. The highest BCUT2D eigenvalue weighted by molar-refractivity contribution is 7.15. The fourth-order valence-corrected chi connectivity index (χ4v) is 6.14. The molecule has 10 heteroatoms. The van der Waals surface area contributed by atoms with E-state index in [1.807, 2.05) is 11.8 Å². The molecule has 0 radical (unpaired) electrons. The number of aryl methyl sites for hydroxylation is 1. The standard InChI is InChI=1S/C26H23F2N3O4S/c1-13-30-22(24(36-13)14-3-2-4-17(27)5-14)26(33)31-19(7-15-8-21(15)31)10-29-25(32)20-9-18(28)6-16-11-34-12-35-23(16)20/h2-6,9,15,19,21H,7-8,10-12H2,1H3,(H,29,32)/t15-,19+,21+/m1/s1. The van der Waals surface area contributed by atoms with Crippen LogP contribution in [0.5, 0.6) is 5.75 Å². The first-order chi connectivity index (χ1) is 17.4. The lowest BCUT2D eigenvalue weighted by Gasteiger charge is -2.28. The van der Waals surface area contributed by atoms with E-state index in [0.29, 0.717) is 38.4 Å². The molecule has 1 saturated heterocycles. The maximum atomic E-state index is 14.1. The van der Waals surface area contributed by atoms with Gasteiger partial charge in [0, 0.05) is 18.2 Å². The van der Waals surface area contributed by atoms with E-state index in [1.54, 1.807) is 12.1 Å². The summed E-state index contributed by atoms with van der Waals surface area (Å²) in [5.74, 6) is -0.903. The predicted molar refractivity (Wildman–Crippen MR) is 128 cm³/mol. The number of benzene rings is 2. The number of carbonyl (C=O) groups excluding carboxylic acids is 2. The number of halogens is 2. The average molecular weight is 512 g/mol. The molecule has 1 aliphatic carbocycles. The van der Waals surface area contributed by atoms with Crippen LogP contribution in [-0.4, -0.2) is 47.1 Å². The Morgan fingerprint density at radius 2 is 2.06 bits per heavy atom. The molecule has 2 aromatic carbocycles. The third kappa shape index (κ3) is 4.14. The van der Waals surface area contributed by atoms with Crippen LogP contribution in [0.4, 0.5) is 8.78 Å². The Morgan fingerprint density at radius 1 is 1.19 bits per heavy atom. The second-order valence-corrected chi connectivity index (χ2v) is 10.6. The molecular weight excluding hydrogens is 488 g/mol. The highest BCUT2D eigenvalue weighted by Crippen LogP contribution is 2.49. The number of nitrogens with zero attached hydrogens (tertiary/aromatic N) is 2. The summed E-state index contributed by atoms with van der Waals surface area (Å²) >= 11 is 1.35. The third-order valence-electron chi connectivity index (χ3n) is 6.89. The second kappa shape index (κ2) is 8.94. The molecule has 186 valence electrons. The molecule has 3 aliphatic rings. The van der Waals surface area contributed by atoms with Gasteiger partial charge >= 0.3 is 0 Å². The molecular formula is C26H23F2N3O4S. The highest BCUT2D eigenvalue weighted by atomic mass is 32.1. The van der Waals surface area contributed by atoms with E-state index in [-0.39, 0.29) is 49.3 Å². The van der Waals surface area contributed by atoms with Crippen LogP contribution in [0.15, 0.2) is 36.4 Å². The molecule has 3 heterocycles. The number of ether oxygens (including phenoxy) is 2. The summed E-state index contributed by atoms with van der Waals surface area (Å²) in [6.45, 7) is 2.20. The summed E-state index contributed by atoms with van der Waals surface area (Å²) in [6, 6.07) is 8.46. The number of carbonyl (C=O) groups is 2. The van der Waals surface area contributed by atoms with E-state index >= 15 is 0 Å². The fraction of sp³-hybridized carbons (Fsp3) is 0.346. The summed E-state index contributed by atoms with van der Waals surface area (Å²) < 4.78 is 38.6. The number of piperidine rings is 1. The van der Waals surface area contributed by atoms with Gasteiger partial charge in [0.05, 0.1) is 28.1 Å². The largest absolute Gasteiger partial charge is 0.466 e. The lowest BCUT2D eigenvalue weighted by molar-refractivity contribution is -0.0170. The number of hydrogen-bond acceptors (Lipinski definition) is 6. The van der Waals surface area contributed by atoms with Gasteiger partial charge in [0.2, 0.25) is 0 Å². The molecule has 1 aromatic heterocycles. The predicted octanol–water partition coefficient (Wildman–Crippen LogP) is 4.30. The van der Waals surface area contributed by atoms with E-state index in [4.69, 9.17) is 9.47 Å². The minimum atomic E-state index is -0.546. The molecule has 0 bridgehead atoms. The maximum Gasteiger partial charge on any atom is 0.274 e. The first-order valence-electron chi connectivity index (χ1n) is 11.8. The van der Waals surface area contributed by atoms with Crippen LogP contribution in [0.25, 0.3) is 10.4 Å². The fourth-order valence-electron chi connectivity index (χ4n) is 5.23. The van der Waals surface area contributed by atoms with Crippen molar-refractivity contribution in [3.8, 4) is 16.2 Å². The Bertz CT molecular complexity index is 1380. The second-order valence-electron chi connectivity index (χ2n) is 9.35. The van der Waals surface area contributed by atoms with Crippen LogP contribution in [0.1, 0.15) is 44.3 Å². The quantitative estimate of drug-likeness (QED) is 0.553. The van der Waals surface area contributed by atoms with Crippen molar-refractivity contribution in [1.82, 2.24) is 15.2 Å². The summed E-state index contributed by atoms with van der Waals surface area (Å²) in [5.41, 5.74) is 1.51. The summed E-state index contributed by atoms with van der Waals surface area (Å²) in [6.07, 6.45) is 1.68. The van der Waals surface area contributed by atoms with Gasteiger partial charge in [0.25, 0.3) is 11.8 Å². The Balaban J connectivity index is 1.22. The first kappa shape index (κ1) is 23.1. The minimum absolute atomic E-state index is 0.00607. The normalized spacial score (nSPS) is 22.0. The Hall–Kier alpha value is -3.37. The van der Waals surface area contributed by atoms with Crippen molar-refractivity contribution in [2.45, 2.75) is 38.5 Å². The van der Waals surface area contributed by atoms with E-state index in [1.165, 1.54) is 29.5 Å². The number of amides is 2. The SMILES string of the molecule is Cc1nc(C(=O)N2[C@H](CNC(=O)c3cc(F)cc4c3OCOC4)C[C@@H]3C[C@@H]32)c(-c2cccc(F)c2)s1. The molecule has 3 aromatic rings. The molecule has 1 saturated carbocycles. The van der Waals surface area contributed by atoms with Gasteiger partial charge in [0.15, 0.2) is 6.79 Å². The lowest BCUT2D eigenvalue weighted by atomic mass is 10.1. The molecule has 36 heavy (non-hydrogen) atoms. The van der Waals surface area contributed by atoms with Crippen LogP contribution in [0.2, 0.25) is 0 Å². The molecule has 6 rings (SSSR count). The third-order valence-corrected chi connectivity index (χ3v) is 7.91. The zero-order valence-electron chi connectivity index (χ0n) is 19.4. The van der Waals surface area contributed by atoms with Gasteiger partial charge < -0.3 is 19.7 Å². The van der Waals surface area contributed by atoms with Gasteiger partial charge in [-0.1, -0.05) is 12.1 Å². The summed E-state index contributed by atoms with van der Waals surface area (Å²) in [7, 11) is 0. The monoisotopic (exact) mass is 511 g/mol. The van der Waals surface area contributed by atoms with Crippen LogP contribution in [0, 0.1) is 24.5 Å². The minimum Gasteiger partial charge on any atom is -0.466 e. The molecule has 0 spiro atoms. The number of nitrogens with one attached hydrogen (secondary N) is 1.